The Hall–Kier alpha value is -1.78. The van der Waals surface area contributed by atoms with Gasteiger partial charge in [-0.25, -0.2) is 9.78 Å². The first-order valence-electron chi connectivity index (χ1n) is 6.59. The van der Waals surface area contributed by atoms with Crippen LogP contribution in [0, 0.1) is 0 Å². The molecule has 104 valence electrons. The van der Waals surface area contributed by atoms with Crippen LogP contribution in [0.15, 0.2) is 18.3 Å². The van der Waals surface area contributed by atoms with Crippen LogP contribution in [-0.4, -0.2) is 36.8 Å². The van der Waals surface area contributed by atoms with Gasteiger partial charge in [-0.2, -0.15) is 0 Å². The second-order valence-corrected chi connectivity index (χ2v) is 4.87. The summed E-state index contributed by atoms with van der Waals surface area (Å²) >= 11 is 0. The summed E-state index contributed by atoms with van der Waals surface area (Å²) in [5.41, 5.74) is 0. The van der Waals surface area contributed by atoms with Crippen LogP contribution in [0.25, 0.3) is 0 Å². The molecular weight excluding hydrogens is 244 g/mol. The first-order chi connectivity index (χ1) is 9.13. The first-order valence-corrected chi connectivity index (χ1v) is 6.59. The minimum atomic E-state index is -0.255. The average molecular weight is 264 g/mol. The summed E-state index contributed by atoms with van der Waals surface area (Å²) in [6.07, 6.45) is 3.54. The lowest BCUT2D eigenvalue weighted by Gasteiger charge is -2.26. The van der Waals surface area contributed by atoms with E-state index in [2.05, 4.69) is 4.98 Å². The number of pyridine rings is 1. The van der Waals surface area contributed by atoms with Crippen molar-refractivity contribution in [3.63, 3.8) is 0 Å². The van der Waals surface area contributed by atoms with Crippen molar-refractivity contribution >= 4 is 11.8 Å². The number of nitrogens with zero attached hydrogens (tertiary/aromatic N) is 2. The Morgan fingerprint density at radius 3 is 3.00 bits per heavy atom. The van der Waals surface area contributed by atoms with Crippen LogP contribution >= 0.6 is 0 Å². The van der Waals surface area contributed by atoms with Gasteiger partial charge in [0.15, 0.2) is 11.6 Å². The number of esters is 1. The number of carbonyl (C=O) groups excluding carboxylic acids is 1. The zero-order chi connectivity index (χ0) is 13.8. The third kappa shape index (κ3) is 2.97. The summed E-state index contributed by atoms with van der Waals surface area (Å²) in [6.45, 7) is 4.74. The van der Waals surface area contributed by atoms with E-state index >= 15 is 0 Å². The highest BCUT2D eigenvalue weighted by Crippen LogP contribution is 2.32. The molecule has 0 amide bonds. The molecular formula is C14H20N2O3. The zero-order valence-electron chi connectivity index (χ0n) is 11.6. The highest BCUT2D eigenvalue weighted by Gasteiger charge is 2.34. The first kappa shape index (κ1) is 13.6. The minimum absolute atomic E-state index is 0.0714. The molecule has 1 aromatic rings. The van der Waals surface area contributed by atoms with E-state index in [4.69, 9.17) is 9.47 Å². The number of ether oxygens (including phenoxy) is 2. The normalized spacial score (nSPS) is 18.7. The van der Waals surface area contributed by atoms with Crippen molar-refractivity contribution in [3.8, 4) is 5.75 Å². The predicted molar refractivity (Wildman–Crippen MR) is 72.4 cm³/mol. The number of hydrogen-bond acceptors (Lipinski definition) is 5. The number of rotatable bonds is 4. The van der Waals surface area contributed by atoms with Gasteiger partial charge in [-0.05, 0) is 38.8 Å². The molecule has 0 radical (unpaired) electrons. The van der Waals surface area contributed by atoms with Crippen LogP contribution in [0.5, 0.6) is 5.75 Å². The molecule has 5 nitrogen and oxygen atoms in total. The lowest BCUT2D eigenvalue weighted by atomic mass is 10.2. The molecule has 0 bridgehead atoms. The van der Waals surface area contributed by atoms with E-state index < -0.39 is 0 Å². The average Bonchev–Trinajstić information content (AvgIpc) is 2.87. The van der Waals surface area contributed by atoms with Crippen LogP contribution in [0.4, 0.5) is 5.82 Å². The standard InChI is InChI=1S/C14H20N2O3/c1-10(2)19-12-7-4-8-15-13(12)16-9-5-6-11(16)14(17)18-3/h4,7-8,10-11H,5-6,9H2,1-3H3. The van der Waals surface area contributed by atoms with Gasteiger partial charge >= 0.3 is 5.97 Å². The molecule has 1 fully saturated rings. The second-order valence-electron chi connectivity index (χ2n) is 4.87. The van der Waals surface area contributed by atoms with Gasteiger partial charge in [0.25, 0.3) is 0 Å². The number of carbonyl (C=O) groups is 1. The summed E-state index contributed by atoms with van der Waals surface area (Å²) < 4.78 is 10.6. The third-order valence-corrected chi connectivity index (χ3v) is 3.11. The van der Waals surface area contributed by atoms with Crippen LogP contribution in [0.3, 0.4) is 0 Å². The van der Waals surface area contributed by atoms with E-state index in [0.29, 0.717) is 5.75 Å². The highest BCUT2D eigenvalue weighted by molar-refractivity contribution is 5.81. The van der Waals surface area contributed by atoms with Crippen molar-refractivity contribution in [1.82, 2.24) is 4.98 Å². The van der Waals surface area contributed by atoms with Crippen molar-refractivity contribution in [2.75, 3.05) is 18.6 Å². The van der Waals surface area contributed by atoms with E-state index in [1.54, 1.807) is 6.20 Å². The fourth-order valence-electron chi connectivity index (χ4n) is 2.35. The Morgan fingerprint density at radius 2 is 2.32 bits per heavy atom. The molecule has 1 aliphatic heterocycles. The van der Waals surface area contributed by atoms with Crippen LogP contribution in [-0.2, 0) is 9.53 Å². The molecule has 1 atom stereocenters. The SMILES string of the molecule is COC(=O)C1CCCN1c1ncccc1OC(C)C. The van der Waals surface area contributed by atoms with Crippen molar-refractivity contribution in [2.45, 2.75) is 38.8 Å². The van der Waals surface area contributed by atoms with E-state index in [0.717, 1.165) is 25.2 Å². The Labute approximate surface area is 113 Å². The Balaban J connectivity index is 2.27. The molecule has 0 saturated carbocycles. The smallest absolute Gasteiger partial charge is 0.328 e. The summed E-state index contributed by atoms with van der Waals surface area (Å²) in [7, 11) is 1.42. The van der Waals surface area contributed by atoms with Gasteiger partial charge in [0.05, 0.1) is 13.2 Å². The molecule has 2 heterocycles. The lowest BCUT2D eigenvalue weighted by molar-refractivity contribution is -0.141. The van der Waals surface area contributed by atoms with Crippen LogP contribution in [0.1, 0.15) is 26.7 Å². The van der Waals surface area contributed by atoms with Crippen molar-refractivity contribution in [3.05, 3.63) is 18.3 Å². The van der Waals surface area contributed by atoms with Gasteiger partial charge in [0, 0.05) is 12.7 Å². The van der Waals surface area contributed by atoms with Gasteiger partial charge in [-0.3, -0.25) is 0 Å². The molecule has 19 heavy (non-hydrogen) atoms. The van der Waals surface area contributed by atoms with Crippen LogP contribution < -0.4 is 9.64 Å². The largest absolute Gasteiger partial charge is 0.487 e. The molecule has 2 rings (SSSR count). The van der Waals surface area contributed by atoms with Gasteiger partial charge < -0.3 is 14.4 Å². The maximum atomic E-state index is 11.8. The fraction of sp³-hybridized carbons (Fsp3) is 0.571. The maximum absolute atomic E-state index is 11.8. The quantitative estimate of drug-likeness (QED) is 0.779. The van der Waals surface area contributed by atoms with Crippen LogP contribution in [0.2, 0.25) is 0 Å². The van der Waals surface area contributed by atoms with E-state index in [-0.39, 0.29) is 18.1 Å². The Kier molecular flexibility index (Phi) is 4.24. The van der Waals surface area contributed by atoms with Gasteiger partial charge in [0.2, 0.25) is 0 Å². The molecule has 0 aromatic carbocycles. The van der Waals surface area contributed by atoms with E-state index in [1.165, 1.54) is 7.11 Å². The predicted octanol–water partition coefficient (Wildman–Crippen LogP) is 2.01. The number of anilines is 1. The van der Waals surface area contributed by atoms with Crippen molar-refractivity contribution in [1.29, 1.82) is 0 Å². The summed E-state index contributed by atoms with van der Waals surface area (Å²) in [5.74, 6) is 1.23. The topological polar surface area (TPSA) is 51.7 Å². The number of aromatic nitrogens is 1. The maximum Gasteiger partial charge on any atom is 0.328 e. The van der Waals surface area contributed by atoms with Gasteiger partial charge in [-0.15, -0.1) is 0 Å². The summed E-state index contributed by atoms with van der Waals surface area (Å²) in [5, 5.41) is 0. The molecule has 1 unspecified atom stereocenters. The fourth-order valence-corrected chi connectivity index (χ4v) is 2.35. The van der Waals surface area contributed by atoms with E-state index in [1.807, 2.05) is 30.9 Å². The third-order valence-electron chi connectivity index (χ3n) is 3.11. The van der Waals surface area contributed by atoms with E-state index in [9.17, 15) is 4.79 Å². The van der Waals surface area contributed by atoms with Crippen molar-refractivity contribution in [2.24, 2.45) is 0 Å². The lowest BCUT2D eigenvalue weighted by Crippen LogP contribution is -2.37. The molecule has 0 aliphatic carbocycles. The Morgan fingerprint density at radius 1 is 1.53 bits per heavy atom. The summed E-state index contributed by atoms with van der Waals surface area (Å²) in [4.78, 5) is 18.1. The Bertz CT molecular complexity index is 448. The zero-order valence-corrected chi connectivity index (χ0v) is 11.6. The van der Waals surface area contributed by atoms with Gasteiger partial charge in [-0.1, -0.05) is 0 Å². The molecule has 5 heteroatoms. The molecule has 0 spiro atoms. The van der Waals surface area contributed by atoms with Crippen molar-refractivity contribution < 1.29 is 14.3 Å². The molecule has 0 N–H and O–H groups in total. The summed E-state index contributed by atoms with van der Waals surface area (Å²) in [6, 6.07) is 3.47. The second kappa shape index (κ2) is 5.91. The number of methoxy groups -OCH3 is 1. The highest BCUT2D eigenvalue weighted by atomic mass is 16.5. The molecule has 1 aliphatic rings. The van der Waals surface area contributed by atoms with Gasteiger partial charge in [0.1, 0.15) is 6.04 Å². The molecule has 1 aromatic heterocycles. The monoisotopic (exact) mass is 264 g/mol. The number of hydrogen-bond donors (Lipinski definition) is 0. The molecule has 1 saturated heterocycles. The minimum Gasteiger partial charge on any atom is -0.487 e.